The van der Waals surface area contributed by atoms with Crippen LogP contribution in [0.25, 0.3) is 0 Å². The summed E-state index contributed by atoms with van der Waals surface area (Å²) in [6.07, 6.45) is 1.31. The molecule has 0 aliphatic heterocycles. The molecule has 19 heavy (non-hydrogen) atoms. The van der Waals surface area contributed by atoms with Gasteiger partial charge in [-0.15, -0.1) is 0 Å². The summed E-state index contributed by atoms with van der Waals surface area (Å²) < 4.78 is 0. The first-order valence-corrected chi connectivity index (χ1v) is 6.35. The molecule has 0 atom stereocenters. The SMILES string of the molecule is O=C(NC(CO)(CO)CO)C1Cc2ccccc2C1. The van der Waals surface area contributed by atoms with Crippen LogP contribution in [-0.4, -0.2) is 46.6 Å². The van der Waals surface area contributed by atoms with Crippen molar-refractivity contribution in [2.75, 3.05) is 19.8 Å². The molecule has 104 valence electrons. The zero-order valence-electron chi connectivity index (χ0n) is 10.7. The third kappa shape index (κ3) is 2.78. The average molecular weight is 265 g/mol. The van der Waals surface area contributed by atoms with E-state index in [0.717, 1.165) is 11.1 Å². The Morgan fingerprint density at radius 3 is 2.00 bits per heavy atom. The molecule has 0 unspecified atom stereocenters. The summed E-state index contributed by atoms with van der Waals surface area (Å²) in [6.45, 7) is -1.48. The Labute approximate surface area is 111 Å². The van der Waals surface area contributed by atoms with Crippen LogP contribution in [-0.2, 0) is 17.6 Å². The number of hydrogen-bond donors (Lipinski definition) is 4. The molecule has 1 aromatic rings. The zero-order chi connectivity index (χ0) is 13.9. The Kier molecular flexibility index (Phi) is 4.19. The van der Waals surface area contributed by atoms with E-state index in [9.17, 15) is 20.1 Å². The Hall–Kier alpha value is -1.43. The van der Waals surface area contributed by atoms with Gasteiger partial charge in [-0.25, -0.2) is 0 Å². The van der Waals surface area contributed by atoms with Gasteiger partial charge in [-0.3, -0.25) is 4.79 Å². The molecule has 4 N–H and O–H groups in total. The summed E-state index contributed by atoms with van der Waals surface area (Å²) in [5.74, 6) is -0.449. The smallest absolute Gasteiger partial charge is 0.224 e. The fraction of sp³-hybridized carbons (Fsp3) is 0.500. The number of rotatable bonds is 5. The molecule has 5 heteroatoms. The lowest BCUT2D eigenvalue weighted by atomic mass is 9.99. The number of hydrogen-bond acceptors (Lipinski definition) is 4. The summed E-state index contributed by atoms with van der Waals surface area (Å²) in [5.41, 5.74) is 0.974. The Bertz CT molecular complexity index is 423. The molecule has 0 radical (unpaired) electrons. The van der Waals surface area contributed by atoms with Crippen molar-refractivity contribution in [3.8, 4) is 0 Å². The number of aliphatic hydroxyl groups excluding tert-OH is 3. The van der Waals surface area contributed by atoms with Crippen molar-refractivity contribution in [1.29, 1.82) is 0 Å². The van der Waals surface area contributed by atoms with Gasteiger partial charge in [0.25, 0.3) is 0 Å². The van der Waals surface area contributed by atoms with Crippen molar-refractivity contribution in [3.63, 3.8) is 0 Å². The minimum absolute atomic E-state index is 0.207. The van der Waals surface area contributed by atoms with E-state index in [2.05, 4.69) is 5.32 Å². The first kappa shape index (κ1) is 14.0. The monoisotopic (exact) mass is 265 g/mol. The van der Waals surface area contributed by atoms with Gasteiger partial charge in [0.1, 0.15) is 5.54 Å². The third-order valence-corrected chi connectivity index (χ3v) is 3.72. The summed E-state index contributed by atoms with van der Waals surface area (Å²) in [4.78, 5) is 12.2. The summed E-state index contributed by atoms with van der Waals surface area (Å²) in [7, 11) is 0. The van der Waals surface area contributed by atoms with Crippen LogP contribution in [0.1, 0.15) is 11.1 Å². The van der Waals surface area contributed by atoms with E-state index in [1.807, 2.05) is 24.3 Å². The van der Waals surface area contributed by atoms with Gasteiger partial charge in [0.15, 0.2) is 0 Å². The van der Waals surface area contributed by atoms with E-state index in [0.29, 0.717) is 12.8 Å². The van der Waals surface area contributed by atoms with Crippen LogP contribution in [0.3, 0.4) is 0 Å². The Morgan fingerprint density at radius 2 is 1.58 bits per heavy atom. The van der Waals surface area contributed by atoms with E-state index in [-0.39, 0.29) is 11.8 Å². The van der Waals surface area contributed by atoms with Crippen LogP contribution in [0.4, 0.5) is 0 Å². The molecule has 0 bridgehead atoms. The molecular weight excluding hydrogens is 246 g/mol. The maximum Gasteiger partial charge on any atom is 0.224 e. The van der Waals surface area contributed by atoms with Crippen LogP contribution in [0, 0.1) is 5.92 Å². The first-order valence-electron chi connectivity index (χ1n) is 6.35. The van der Waals surface area contributed by atoms with Crippen molar-refractivity contribution in [2.45, 2.75) is 18.4 Å². The van der Waals surface area contributed by atoms with Crippen molar-refractivity contribution in [2.24, 2.45) is 5.92 Å². The fourth-order valence-corrected chi connectivity index (χ4v) is 2.38. The highest BCUT2D eigenvalue weighted by molar-refractivity contribution is 5.81. The summed E-state index contributed by atoms with van der Waals surface area (Å²) in [6, 6.07) is 7.89. The van der Waals surface area contributed by atoms with Crippen LogP contribution < -0.4 is 5.32 Å². The lowest BCUT2D eigenvalue weighted by Crippen LogP contribution is -2.58. The van der Waals surface area contributed by atoms with Gasteiger partial charge >= 0.3 is 0 Å². The van der Waals surface area contributed by atoms with Crippen molar-refractivity contribution in [1.82, 2.24) is 5.32 Å². The van der Waals surface area contributed by atoms with Gasteiger partial charge in [-0.2, -0.15) is 0 Å². The molecule has 0 fully saturated rings. The lowest BCUT2D eigenvalue weighted by Gasteiger charge is -2.30. The molecular formula is C14H19NO4. The number of benzene rings is 1. The fourth-order valence-electron chi connectivity index (χ4n) is 2.38. The topological polar surface area (TPSA) is 89.8 Å². The quantitative estimate of drug-likeness (QED) is 0.563. The average Bonchev–Trinajstić information content (AvgIpc) is 2.89. The van der Waals surface area contributed by atoms with Crippen LogP contribution in [0.2, 0.25) is 0 Å². The molecule has 5 nitrogen and oxygen atoms in total. The van der Waals surface area contributed by atoms with E-state index >= 15 is 0 Å². The highest BCUT2D eigenvalue weighted by Crippen LogP contribution is 2.26. The van der Waals surface area contributed by atoms with Gasteiger partial charge in [-0.05, 0) is 24.0 Å². The van der Waals surface area contributed by atoms with Gasteiger partial charge < -0.3 is 20.6 Å². The number of amides is 1. The minimum atomic E-state index is -1.34. The number of carbonyl (C=O) groups is 1. The second-order valence-corrected chi connectivity index (χ2v) is 5.12. The first-order chi connectivity index (χ1) is 9.14. The van der Waals surface area contributed by atoms with Gasteiger partial charge in [0.05, 0.1) is 19.8 Å². The van der Waals surface area contributed by atoms with E-state index in [4.69, 9.17) is 0 Å². The van der Waals surface area contributed by atoms with Crippen molar-refractivity contribution in [3.05, 3.63) is 35.4 Å². The highest BCUT2D eigenvalue weighted by atomic mass is 16.3. The number of carbonyl (C=O) groups excluding carboxylic acids is 1. The molecule has 0 aromatic heterocycles. The largest absolute Gasteiger partial charge is 0.394 e. The molecule has 0 saturated heterocycles. The predicted octanol–water partition coefficient (Wildman–Crippen LogP) is -0.767. The third-order valence-electron chi connectivity index (χ3n) is 3.72. The van der Waals surface area contributed by atoms with E-state index in [1.54, 1.807) is 0 Å². The second kappa shape index (κ2) is 5.69. The minimum Gasteiger partial charge on any atom is -0.394 e. The number of nitrogens with one attached hydrogen (secondary N) is 1. The molecule has 0 spiro atoms. The van der Waals surface area contributed by atoms with Crippen molar-refractivity contribution < 1.29 is 20.1 Å². The van der Waals surface area contributed by atoms with Crippen molar-refractivity contribution >= 4 is 5.91 Å². The van der Waals surface area contributed by atoms with Gasteiger partial charge in [-0.1, -0.05) is 24.3 Å². The molecule has 1 amide bonds. The van der Waals surface area contributed by atoms with Gasteiger partial charge in [0.2, 0.25) is 5.91 Å². The maximum absolute atomic E-state index is 12.2. The number of fused-ring (bicyclic) bond motifs is 1. The van der Waals surface area contributed by atoms with E-state index in [1.165, 1.54) is 0 Å². The normalized spacial score (nSPS) is 15.3. The van der Waals surface area contributed by atoms with Crippen LogP contribution >= 0.6 is 0 Å². The molecule has 0 heterocycles. The van der Waals surface area contributed by atoms with Gasteiger partial charge in [0, 0.05) is 5.92 Å². The predicted molar refractivity (Wildman–Crippen MR) is 69.5 cm³/mol. The maximum atomic E-state index is 12.2. The molecule has 1 aromatic carbocycles. The Balaban J connectivity index is 2.03. The zero-order valence-corrected chi connectivity index (χ0v) is 10.7. The highest BCUT2D eigenvalue weighted by Gasteiger charge is 2.34. The Morgan fingerprint density at radius 1 is 1.11 bits per heavy atom. The molecule has 0 saturated carbocycles. The summed E-state index contributed by atoms with van der Waals surface area (Å²) >= 11 is 0. The summed E-state index contributed by atoms with van der Waals surface area (Å²) in [5, 5.41) is 30.2. The molecule has 1 aliphatic carbocycles. The molecule has 2 rings (SSSR count). The van der Waals surface area contributed by atoms with Crippen LogP contribution in [0.15, 0.2) is 24.3 Å². The van der Waals surface area contributed by atoms with E-state index < -0.39 is 25.4 Å². The standard InChI is InChI=1S/C14H19NO4/c16-7-14(8-17,9-18)15-13(19)12-5-10-3-1-2-4-11(10)6-12/h1-4,12,16-18H,5-9H2,(H,15,19). The second-order valence-electron chi connectivity index (χ2n) is 5.12. The number of aliphatic hydroxyl groups is 3. The molecule has 1 aliphatic rings. The van der Waals surface area contributed by atoms with Crippen LogP contribution in [0.5, 0.6) is 0 Å². The lowest BCUT2D eigenvalue weighted by molar-refractivity contribution is -0.129.